The molecule has 2 rings (SSSR count). The zero-order valence-corrected chi connectivity index (χ0v) is 12.8. The second kappa shape index (κ2) is 8.34. The lowest BCUT2D eigenvalue weighted by atomic mass is 10.2. The average Bonchev–Trinajstić information content (AvgIpc) is 2.60. The maximum absolute atomic E-state index is 12.4. The molecule has 0 aromatic heterocycles. The Balaban J connectivity index is 2.14. The summed E-state index contributed by atoms with van der Waals surface area (Å²) in [7, 11) is 0. The molecule has 4 nitrogen and oxygen atoms in total. The summed E-state index contributed by atoms with van der Waals surface area (Å²) in [6, 6.07) is 17.8. The number of amides is 2. The van der Waals surface area contributed by atoms with Crippen LogP contribution in [-0.4, -0.2) is 11.8 Å². The van der Waals surface area contributed by atoms with Crippen LogP contribution >= 0.6 is 0 Å². The van der Waals surface area contributed by atoms with Crippen LogP contribution in [0.25, 0.3) is 0 Å². The average molecular weight is 306 g/mol. The fourth-order valence-corrected chi connectivity index (χ4v) is 1.87. The van der Waals surface area contributed by atoms with Crippen molar-refractivity contribution in [1.82, 2.24) is 5.32 Å². The van der Waals surface area contributed by atoms with Crippen molar-refractivity contribution < 1.29 is 9.59 Å². The monoisotopic (exact) mass is 306 g/mol. The lowest BCUT2D eigenvalue weighted by Crippen LogP contribution is -2.30. The lowest BCUT2D eigenvalue weighted by molar-refractivity contribution is -0.113. The predicted octanol–water partition coefficient (Wildman–Crippen LogP) is 3.52. The Morgan fingerprint density at radius 1 is 0.913 bits per heavy atom. The molecule has 0 aliphatic rings. The van der Waals surface area contributed by atoms with Gasteiger partial charge >= 0.3 is 0 Å². The molecule has 2 aromatic carbocycles. The van der Waals surface area contributed by atoms with E-state index >= 15 is 0 Å². The molecule has 0 spiro atoms. The van der Waals surface area contributed by atoms with E-state index in [1.165, 1.54) is 0 Å². The van der Waals surface area contributed by atoms with Crippen molar-refractivity contribution in [1.29, 1.82) is 0 Å². The molecule has 0 radical (unpaired) electrons. The molecule has 0 saturated heterocycles. The highest BCUT2D eigenvalue weighted by atomic mass is 16.2. The number of para-hydroxylation sites is 1. The molecule has 2 aromatic rings. The van der Waals surface area contributed by atoms with Crippen molar-refractivity contribution in [3.63, 3.8) is 0 Å². The highest BCUT2D eigenvalue weighted by molar-refractivity contribution is 6.08. The largest absolute Gasteiger partial charge is 0.321 e. The fraction of sp³-hybridized carbons (Fsp3) is 0.0526. The van der Waals surface area contributed by atoms with Crippen LogP contribution in [0, 0.1) is 0 Å². The van der Waals surface area contributed by atoms with Gasteiger partial charge in [0.15, 0.2) is 0 Å². The number of rotatable bonds is 5. The molecule has 23 heavy (non-hydrogen) atoms. The summed E-state index contributed by atoms with van der Waals surface area (Å²) in [6.45, 7) is 1.84. The first kappa shape index (κ1) is 16.2. The van der Waals surface area contributed by atoms with E-state index in [4.69, 9.17) is 0 Å². The molecule has 0 heterocycles. The molecule has 4 heteroatoms. The van der Waals surface area contributed by atoms with Crippen LogP contribution in [0.4, 0.5) is 5.69 Å². The van der Waals surface area contributed by atoms with Crippen LogP contribution in [0.15, 0.2) is 84.6 Å². The Labute approximate surface area is 135 Å². The third-order valence-electron chi connectivity index (χ3n) is 3.02. The van der Waals surface area contributed by atoms with Crippen molar-refractivity contribution >= 4 is 17.5 Å². The quantitative estimate of drug-likeness (QED) is 0.656. The molecule has 2 N–H and O–H groups in total. The van der Waals surface area contributed by atoms with Crippen LogP contribution in [0.1, 0.15) is 17.3 Å². The van der Waals surface area contributed by atoms with Crippen molar-refractivity contribution in [2.24, 2.45) is 0 Å². The van der Waals surface area contributed by atoms with Gasteiger partial charge < -0.3 is 10.6 Å². The van der Waals surface area contributed by atoms with E-state index in [0.29, 0.717) is 11.3 Å². The summed E-state index contributed by atoms with van der Waals surface area (Å²) in [6.07, 6.45) is 5.05. The number of anilines is 1. The number of hydrogen-bond acceptors (Lipinski definition) is 2. The molecule has 116 valence electrons. The Hall–Kier alpha value is -3.14. The summed E-state index contributed by atoms with van der Waals surface area (Å²) < 4.78 is 0. The first-order valence-electron chi connectivity index (χ1n) is 7.26. The van der Waals surface area contributed by atoms with E-state index in [-0.39, 0.29) is 17.5 Å². The Kier molecular flexibility index (Phi) is 5.89. The summed E-state index contributed by atoms with van der Waals surface area (Å²) in [5.41, 5.74) is 1.34. The molecule has 0 aliphatic heterocycles. The van der Waals surface area contributed by atoms with Gasteiger partial charge in [0.2, 0.25) is 0 Å². The number of carbonyl (C=O) groups is 2. The first-order chi connectivity index (χ1) is 11.2. The summed E-state index contributed by atoms with van der Waals surface area (Å²) in [5.74, 6) is -0.705. The minimum atomic E-state index is -0.376. The van der Waals surface area contributed by atoms with Gasteiger partial charge in [0.05, 0.1) is 0 Å². The topological polar surface area (TPSA) is 58.2 Å². The standard InChI is InChI=1S/C19H18N2O2/c1-2-3-14-17(19(23)20-16-12-8-5-9-13-16)21-18(22)15-10-6-4-7-11-15/h2-14H,1H3,(H,20,23)(H,21,22)/b3-2+,17-14+. The summed E-state index contributed by atoms with van der Waals surface area (Å²) >= 11 is 0. The van der Waals surface area contributed by atoms with Crippen molar-refractivity contribution in [2.75, 3.05) is 5.32 Å². The van der Waals surface area contributed by atoms with Gasteiger partial charge in [0, 0.05) is 11.3 Å². The molecule has 0 unspecified atom stereocenters. The number of allylic oxidation sites excluding steroid dienone is 3. The van der Waals surface area contributed by atoms with Crippen LogP contribution in [0.3, 0.4) is 0 Å². The molecule has 0 saturated carbocycles. The smallest absolute Gasteiger partial charge is 0.272 e. The van der Waals surface area contributed by atoms with Gasteiger partial charge in [-0.1, -0.05) is 48.6 Å². The molecule has 0 aliphatic carbocycles. The molecule has 2 amide bonds. The molecular formula is C19H18N2O2. The van der Waals surface area contributed by atoms with Gasteiger partial charge in [0.1, 0.15) is 5.70 Å². The van der Waals surface area contributed by atoms with Gasteiger partial charge in [-0.05, 0) is 37.3 Å². The maximum Gasteiger partial charge on any atom is 0.272 e. The van der Waals surface area contributed by atoms with Crippen molar-refractivity contribution in [3.8, 4) is 0 Å². The van der Waals surface area contributed by atoms with Gasteiger partial charge in [-0.3, -0.25) is 9.59 Å². The predicted molar refractivity (Wildman–Crippen MR) is 91.9 cm³/mol. The maximum atomic E-state index is 12.4. The Morgan fingerprint density at radius 3 is 2.13 bits per heavy atom. The summed E-state index contributed by atoms with van der Waals surface area (Å²) in [5, 5.41) is 5.40. The second-order valence-electron chi connectivity index (χ2n) is 4.75. The van der Waals surface area contributed by atoms with Crippen LogP contribution in [-0.2, 0) is 4.79 Å². The van der Waals surface area contributed by atoms with Crippen LogP contribution in [0.5, 0.6) is 0 Å². The molecule has 0 bridgehead atoms. The fourth-order valence-electron chi connectivity index (χ4n) is 1.87. The molecular weight excluding hydrogens is 288 g/mol. The highest BCUT2D eigenvalue weighted by Crippen LogP contribution is 2.07. The van der Waals surface area contributed by atoms with Gasteiger partial charge in [0.25, 0.3) is 11.8 Å². The number of nitrogens with one attached hydrogen (secondary N) is 2. The van der Waals surface area contributed by atoms with E-state index in [1.807, 2.05) is 31.2 Å². The van der Waals surface area contributed by atoms with E-state index in [1.54, 1.807) is 54.6 Å². The second-order valence-corrected chi connectivity index (χ2v) is 4.75. The van der Waals surface area contributed by atoms with Crippen LogP contribution in [0.2, 0.25) is 0 Å². The zero-order chi connectivity index (χ0) is 16.5. The zero-order valence-electron chi connectivity index (χ0n) is 12.8. The van der Waals surface area contributed by atoms with Crippen molar-refractivity contribution in [2.45, 2.75) is 6.92 Å². The van der Waals surface area contributed by atoms with E-state index in [0.717, 1.165) is 0 Å². The molecule has 0 fully saturated rings. The van der Waals surface area contributed by atoms with Gasteiger partial charge in [-0.15, -0.1) is 0 Å². The number of hydrogen-bond donors (Lipinski definition) is 2. The van der Waals surface area contributed by atoms with Gasteiger partial charge in [-0.2, -0.15) is 0 Å². The molecule has 0 atom stereocenters. The van der Waals surface area contributed by atoms with Crippen molar-refractivity contribution in [3.05, 3.63) is 90.2 Å². The van der Waals surface area contributed by atoms with Gasteiger partial charge in [-0.25, -0.2) is 0 Å². The minimum Gasteiger partial charge on any atom is -0.321 e. The first-order valence-corrected chi connectivity index (χ1v) is 7.26. The van der Waals surface area contributed by atoms with E-state index in [2.05, 4.69) is 10.6 Å². The SMILES string of the molecule is C/C=C/C=C(/NC(=O)c1ccccc1)C(=O)Nc1ccccc1. The highest BCUT2D eigenvalue weighted by Gasteiger charge is 2.13. The summed E-state index contributed by atoms with van der Waals surface area (Å²) in [4.78, 5) is 24.6. The Bertz CT molecular complexity index is 720. The minimum absolute atomic E-state index is 0.181. The normalized spacial score (nSPS) is 11.3. The Morgan fingerprint density at radius 2 is 1.52 bits per heavy atom. The van der Waals surface area contributed by atoms with E-state index < -0.39 is 0 Å². The third kappa shape index (κ3) is 4.97. The third-order valence-corrected chi connectivity index (χ3v) is 3.02. The van der Waals surface area contributed by atoms with E-state index in [9.17, 15) is 9.59 Å². The van der Waals surface area contributed by atoms with Crippen LogP contribution < -0.4 is 10.6 Å². The number of benzene rings is 2. The number of carbonyl (C=O) groups excluding carboxylic acids is 2. The lowest BCUT2D eigenvalue weighted by Gasteiger charge is -2.10.